The number of hydrogen-bond donors (Lipinski definition) is 1. The molecule has 0 fully saturated rings. The van der Waals surface area contributed by atoms with Crippen molar-refractivity contribution in [1.82, 2.24) is 19.9 Å². The van der Waals surface area contributed by atoms with Gasteiger partial charge in [-0.05, 0) is 42.7 Å². The number of nitrogens with one attached hydrogen (secondary N) is 1. The number of amides is 1. The van der Waals surface area contributed by atoms with Gasteiger partial charge in [0.05, 0.1) is 16.6 Å². The van der Waals surface area contributed by atoms with E-state index in [1.54, 1.807) is 12.3 Å². The molecule has 3 heterocycles. The molecular formula is C19H21ClN4O. The molecule has 1 N–H and O–H groups in total. The monoisotopic (exact) mass is 356 g/mol. The fraction of sp³-hybridized carbons (Fsp3) is 0.316. The summed E-state index contributed by atoms with van der Waals surface area (Å²) >= 11 is 6.14. The van der Waals surface area contributed by atoms with Crippen molar-refractivity contribution in [2.24, 2.45) is 0 Å². The molecule has 1 aliphatic heterocycles. The number of benzene rings is 1. The van der Waals surface area contributed by atoms with Crippen molar-refractivity contribution in [2.75, 3.05) is 6.54 Å². The van der Waals surface area contributed by atoms with E-state index in [2.05, 4.69) is 15.0 Å². The quantitative estimate of drug-likeness (QED) is 0.703. The summed E-state index contributed by atoms with van der Waals surface area (Å²) < 4.78 is 0. The Morgan fingerprint density at radius 3 is 2.88 bits per heavy atom. The molecule has 5 nitrogen and oxygen atoms in total. The summed E-state index contributed by atoms with van der Waals surface area (Å²) in [7, 11) is 0. The van der Waals surface area contributed by atoms with Crippen LogP contribution in [0.25, 0.3) is 11.0 Å². The van der Waals surface area contributed by atoms with Gasteiger partial charge in [-0.3, -0.25) is 9.78 Å². The first-order valence-electron chi connectivity index (χ1n) is 8.53. The van der Waals surface area contributed by atoms with E-state index < -0.39 is 0 Å². The molecule has 1 aromatic carbocycles. The Kier molecular flexibility index (Phi) is 5.04. The van der Waals surface area contributed by atoms with E-state index in [4.69, 9.17) is 11.6 Å². The van der Waals surface area contributed by atoms with Gasteiger partial charge in [-0.25, -0.2) is 4.98 Å². The summed E-state index contributed by atoms with van der Waals surface area (Å²) in [4.78, 5) is 26.3. The molecule has 0 radical (unpaired) electrons. The van der Waals surface area contributed by atoms with Crippen LogP contribution in [0.2, 0.25) is 5.02 Å². The van der Waals surface area contributed by atoms with Gasteiger partial charge < -0.3 is 9.88 Å². The van der Waals surface area contributed by atoms with E-state index in [0.717, 1.165) is 17.5 Å². The third-order valence-electron chi connectivity index (χ3n) is 4.41. The number of para-hydroxylation sites is 1. The van der Waals surface area contributed by atoms with Crippen LogP contribution in [-0.4, -0.2) is 32.3 Å². The van der Waals surface area contributed by atoms with Crippen molar-refractivity contribution >= 4 is 28.5 Å². The number of nitrogens with zero attached hydrogens (tertiary/aromatic N) is 3. The largest absolute Gasteiger partial charge is 0.334 e. The summed E-state index contributed by atoms with van der Waals surface area (Å²) in [5.74, 6) is 0.227. The van der Waals surface area contributed by atoms with Crippen LogP contribution in [0.3, 0.4) is 0 Å². The molecule has 1 atom stereocenters. The van der Waals surface area contributed by atoms with Crippen molar-refractivity contribution in [3.05, 3.63) is 58.6 Å². The van der Waals surface area contributed by atoms with Gasteiger partial charge in [-0.1, -0.05) is 31.5 Å². The minimum absolute atomic E-state index is 0.00191. The molecule has 25 heavy (non-hydrogen) atoms. The molecule has 0 bridgehead atoms. The smallest absolute Gasteiger partial charge is 0.290 e. The average molecular weight is 357 g/mol. The second-order valence-electron chi connectivity index (χ2n) is 5.72. The van der Waals surface area contributed by atoms with Crippen LogP contribution in [0.15, 0.2) is 36.7 Å². The summed E-state index contributed by atoms with van der Waals surface area (Å²) in [6, 6.07) is 7.45. The van der Waals surface area contributed by atoms with Gasteiger partial charge in [0.2, 0.25) is 0 Å². The van der Waals surface area contributed by atoms with Crippen LogP contribution in [0.4, 0.5) is 0 Å². The van der Waals surface area contributed by atoms with Crippen molar-refractivity contribution in [3.8, 4) is 0 Å². The van der Waals surface area contributed by atoms with Crippen molar-refractivity contribution in [3.63, 3.8) is 0 Å². The van der Waals surface area contributed by atoms with Gasteiger partial charge >= 0.3 is 0 Å². The fourth-order valence-electron chi connectivity index (χ4n) is 3.17. The van der Waals surface area contributed by atoms with E-state index in [1.807, 2.05) is 50.1 Å². The van der Waals surface area contributed by atoms with E-state index in [9.17, 15) is 4.79 Å². The maximum absolute atomic E-state index is 12.9. The van der Waals surface area contributed by atoms with Gasteiger partial charge in [0, 0.05) is 18.9 Å². The highest BCUT2D eigenvalue weighted by molar-refractivity contribution is 6.35. The van der Waals surface area contributed by atoms with Crippen LogP contribution in [-0.2, 0) is 6.42 Å². The Morgan fingerprint density at radius 2 is 2.12 bits per heavy atom. The van der Waals surface area contributed by atoms with Gasteiger partial charge in [0.1, 0.15) is 5.52 Å². The average Bonchev–Trinajstić information content (AvgIpc) is 3.09. The number of pyridine rings is 1. The van der Waals surface area contributed by atoms with Crippen LogP contribution >= 0.6 is 11.6 Å². The minimum Gasteiger partial charge on any atom is -0.334 e. The Bertz CT molecular complexity index is 905. The van der Waals surface area contributed by atoms with Gasteiger partial charge in [-0.15, -0.1) is 0 Å². The van der Waals surface area contributed by atoms with Crippen molar-refractivity contribution in [1.29, 1.82) is 0 Å². The molecule has 4 rings (SSSR count). The molecule has 0 saturated carbocycles. The number of hydrogen-bond acceptors (Lipinski definition) is 3. The number of rotatable bonds is 1. The summed E-state index contributed by atoms with van der Waals surface area (Å²) in [5.41, 5.74) is 3.76. The lowest BCUT2D eigenvalue weighted by molar-refractivity contribution is 0.0666. The summed E-state index contributed by atoms with van der Waals surface area (Å²) in [6.07, 6.45) is 4.46. The number of halogens is 1. The number of aromatic amines is 1. The molecule has 6 heteroatoms. The lowest BCUT2D eigenvalue weighted by atomic mass is 9.95. The van der Waals surface area contributed by atoms with E-state index >= 15 is 0 Å². The maximum Gasteiger partial charge on any atom is 0.290 e. The number of carbonyl (C=O) groups excluding carboxylic acids is 1. The third-order valence-corrected chi connectivity index (χ3v) is 4.71. The van der Waals surface area contributed by atoms with E-state index in [0.29, 0.717) is 22.9 Å². The molecule has 130 valence electrons. The highest BCUT2D eigenvalue weighted by atomic mass is 35.5. The Balaban J connectivity index is 0.000000880. The van der Waals surface area contributed by atoms with E-state index in [-0.39, 0.29) is 11.9 Å². The Hall–Kier alpha value is -2.40. The molecule has 3 aromatic rings. The molecule has 1 aliphatic rings. The number of aromatic nitrogens is 3. The predicted octanol–water partition coefficient (Wildman–Crippen LogP) is 4.40. The highest BCUT2D eigenvalue weighted by Gasteiger charge is 2.29. The lowest BCUT2D eigenvalue weighted by Gasteiger charge is -2.34. The number of imidazole rings is 1. The second-order valence-corrected chi connectivity index (χ2v) is 6.13. The van der Waals surface area contributed by atoms with Gasteiger partial charge in [0.15, 0.2) is 5.82 Å². The Morgan fingerprint density at radius 1 is 1.32 bits per heavy atom. The first-order valence-corrected chi connectivity index (χ1v) is 8.91. The molecule has 0 aliphatic carbocycles. The molecule has 1 unspecified atom stereocenters. The van der Waals surface area contributed by atoms with Crippen LogP contribution in [0.1, 0.15) is 48.6 Å². The third kappa shape index (κ3) is 3.12. The molecular weight excluding hydrogens is 336 g/mol. The fourth-order valence-corrected chi connectivity index (χ4v) is 3.39. The number of fused-ring (bicyclic) bond motifs is 2. The molecule has 2 aromatic heterocycles. The normalized spacial score (nSPS) is 16.2. The second kappa shape index (κ2) is 7.23. The number of H-pyrrole nitrogens is 1. The topological polar surface area (TPSA) is 61.9 Å². The van der Waals surface area contributed by atoms with Gasteiger partial charge in [0.25, 0.3) is 5.91 Å². The maximum atomic E-state index is 12.9. The molecule has 1 amide bonds. The minimum atomic E-state index is -0.104. The zero-order valence-corrected chi connectivity index (χ0v) is 15.3. The zero-order valence-electron chi connectivity index (χ0n) is 14.6. The van der Waals surface area contributed by atoms with Crippen LogP contribution < -0.4 is 0 Å². The van der Waals surface area contributed by atoms with Crippen LogP contribution in [0, 0.1) is 0 Å². The van der Waals surface area contributed by atoms with Gasteiger partial charge in [-0.2, -0.15) is 0 Å². The first-order chi connectivity index (χ1) is 12.1. The molecule has 0 spiro atoms. The summed E-state index contributed by atoms with van der Waals surface area (Å²) in [5, 5.41) is 0.543. The summed E-state index contributed by atoms with van der Waals surface area (Å²) in [6.45, 7) is 6.69. The SMILES string of the molecule is CC.CC1c2ccncc2CCN1C(=O)c1nc2c(Cl)cccc2[nH]1. The predicted molar refractivity (Wildman–Crippen MR) is 99.8 cm³/mol. The van der Waals surface area contributed by atoms with E-state index in [1.165, 1.54) is 5.56 Å². The van der Waals surface area contributed by atoms with Crippen molar-refractivity contribution < 1.29 is 4.79 Å². The standard InChI is InChI=1S/C17H15ClN4O.C2H6/c1-10-12-5-7-19-9-11(12)6-8-22(10)17(23)16-20-14-4-2-3-13(18)15(14)21-16;1-2/h2-5,7,9-10H,6,8H2,1H3,(H,20,21);1-2H3. The molecule has 0 saturated heterocycles. The lowest BCUT2D eigenvalue weighted by Crippen LogP contribution is -2.39. The highest BCUT2D eigenvalue weighted by Crippen LogP contribution is 2.30. The Labute approximate surface area is 152 Å². The first kappa shape index (κ1) is 17.4. The zero-order chi connectivity index (χ0) is 18.0. The van der Waals surface area contributed by atoms with Crippen LogP contribution in [0.5, 0.6) is 0 Å². The van der Waals surface area contributed by atoms with Crippen molar-refractivity contribution in [2.45, 2.75) is 33.2 Å². The number of carbonyl (C=O) groups is 1.